The number of rotatable bonds is 5. The summed E-state index contributed by atoms with van der Waals surface area (Å²) in [6.45, 7) is 2.35. The predicted octanol–water partition coefficient (Wildman–Crippen LogP) is 0.699. The molecule has 0 aromatic heterocycles. The molecule has 88 valence electrons. The van der Waals surface area contributed by atoms with Gasteiger partial charge in [-0.05, 0) is 12.5 Å². The summed E-state index contributed by atoms with van der Waals surface area (Å²) in [7, 11) is 1.26. The molecule has 0 saturated carbocycles. The molecule has 0 spiro atoms. The number of carbonyl (C=O) groups is 1. The fourth-order valence-corrected chi connectivity index (χ4v) is 1.31. The predicted molar refractivity (Wildman–Crippen MR) is 60.8 cm³/mol. The van der Waals surface area contributed by atoms with Crippen molar-refractivity contribution in [3.63, 3.8) is 0 Å². The van der Waals surface area contributed by atoms with Crippen LogP contribution in [0.5, 0.6) is 0 Å². The number of aliphatic hydroxyl groups is 1. The number of methoxy groups -OCH3 is 1. The van der Waals surface area contributed by atoms with Crippen LogP contribution in [0.15, 0.2) is 30.3 Å². The van der Waals surface area contributed by atoms with E-state index >= 15 is 0 Å². The van der Waals surface area contributed by atoms with Gasteiger partial charge in [0.2, 0.25) is 0 Å². The number of ether oxygens (including phenoxy) is 1. The van der Waals surface area contributed by atoms with Crippen LogP contribution in [0.3, 0.4) is 0 Å². The zero-order valence-electron chi connectivity index (χ0n) is 9.51. The summed E-state index contributed by atoms with van der Waals surface area (Å²) in [5, 5.41) is 12.6. The molecule has 0 amide bonds. The Morgan fingerprint density at radius 3 is 2.62 bits per heavy atom. The second-order valence-electron chi connectivity index (χ2n) is 3.62. The van der Waals surface area contributed by atoms with E-state index in [1.807, 2.05) is 30.3 Å². The van der Waals surface area contributed by atoms with E-state index in [1.165, 1.54) is 7.11 Å². The van der Waals surface area contributed by atoms with Crippen LogP contribution in [-0.4, -0.2) is 30.3 Å². The van der Waals surface area contributed by atoms with E-state index in [0.717, 1.165) is 5.56 Å². The molecule has 0 bridgehead atoms. The number of esters is 1. The van der Waals surface area contributed by atoms with Gasteiger partial charge in [0.15, 0.2) is 6.10 Å². The molecule has 0 heterocycles. The SMILES string of the molecule is COC(=O)C(O)C(C)NCc1ccccc1. The zero-order chi connectivity index (χ0) is 12.0. The monoisotopic (exact) mass is 223 g/mol. The molecule has 16 heavy (non-hydrogen) atoms. The maximum absolute atomic E-state index is 11.1. The van der Waals surface area contributed by atoms with Gasteiger partial charge in [-0.25, -0.2) is 4.79 Å². The third-order valence-electron chi connectivity index (χ3n) is 2.39. The van der Waals surface area contributed by atoms with E-state index in [4.69, 9.17) is 0 Å². The Balaban J connectivity index is 2.41. The van der Waals surface area contributed by atoms with Crippen molar-refractivity contribution in [3.8, 4) is 0 Å². The molecule has 0 fully saturated rings. The van der Waals surface area contributed by atoms with Gasteiger partial charge in [0.25, 0.3) is 0 Å². The van der Waals surface area contributed by atoms with E-state index in [9.17, 15) is 9.90 Å². The average molecular weight is 223 g/mol. The summed E-state index contributed by atoms with van der Waals surface area (Å²) in [6, 6.07) is 9.44. The van der Waals surface area contributed by atoms with E-state index in [-0.39, 0.29) is 6.04 Å². The van der Waals surface area contributed by atoms with Crippen LogP contribution < -0.4 is 5.32 Å². The Kier molecular flexibility index (Phi) is 4.95. The van der Waals surface area contributed by atoms with Crippen molar-refractivity contribution >= 4 is 5.97 Å². The lowest BCUT2D eigenvalue weighted by Gasteiger charge is -2.18. The smallest absolute Gasteiger partial charge is 0.336 e. The lowest BCUT2D eigenvalue weighted by molar-refractivity contribution is -0.151. The molecule has 0 aliphatic heterocycles. The largest absolute Gasteiger partial charge is 0.467 e. The number of benzene rings is 1. The average Bonchev–Trinajstić information content (AvgIpc) is 2.35. The van der Waals surface area contributed by atoms with Crippen molar-refractivity contribution in [3.05, 3.63) is 35.9 Å². The molecule has 0 aliphatic carbocycles. The second-order valence-corrected chi connectivity index (χ2v) is 3.62. The molecule has 4 nitrogen and oxygen atoms in total. The molecule has 2 N–H and O–H groups in total. The van der Waals surface area contributed by atoms with E-state index in [2.05, 4.69) is 10.1 Å². The highest BCUT2D eigenvalue weighted by molar-refractivity contribution is 5.75. The fraction of sp³-hybridized carbons (Fsp3) is 0.417. The number of nitrogens with one attached hydrogen (secondary N) is 1. The zero-order valence-corrected chi connectivity index (χ0v) is 9.51. The molecular weight excluding hydrogens is 206 g/mol. The first kappa shape index (κ1) is 12.7. The maximum Gasteiger partial charge on any atom is 0.336 e. The minimum absolute atomic E-state index is 0.340. The normalized spacial score (nSPS) is 14.2. The van der Waals surface area contributed by atoms with Crippen LogP contribution in [0.2, 0.25) is 0 Å². The molecule has 0 saturated heterocycles. The number of carbonyl (C=O) groups excluding carboxylic acids is 1. The van der Waals surface area contributed by atoms with Crippen LogP contribution >= 0.6 is 0 Å². The van der Waals surface area contributed by atoms with Gasteiger partial charge in [-0.2, -0.15) is 0 Å². The maximum atomic E-state index is 11.1. The Morgan fingerprint density at radius 1 is 1.44 bits per heavy atom. The highest BCUT2D eigenvalue weighted by Gasteiger charge is 2.22. The van der Waals surface area contributed by atoms with Crippen molar-refractivity contribution in [2.45, 2.75) is 25.6 Å². The molecule has 4 heteroatoms. The van der Waals surface area contributed by atoms with Gasteiger partial charge in [0, 0.05) is 12.6 Å². The van der Waals surface area contributed by atoms with Gasteiger partial charge in [0.05, 0.1) is 7.11 Å². The summed E-state index contributed by atoms with van der Waals surface area (Å²) in [5.74, 6) is -0.618. The quantitative estimate of drug-likeness (QED) is 0.721. The van der Waals surface area contributed by atoms with Crippen LogP contribution in [0.1, 0.15) is 12.5 Å². The first-order chi connectivity index (χ1) is 7.65. The van der Waals surface area contributed by atoms with E-state index < -0.39 is 12.1 Å². The first-order valence-corrected chi connectivity index (χ1v) is 5.18. The summed E-state index contributed by atoms with van der Waals surface area (Å²) < 4.78 is 4.46. The second kappa shape index (κ2) is 6.25. The van der Waals surface area contributed by atoms with Crippen molar-refractivity contribution in [2.24, 2.45) is 0 Å². The Hall–Kier alpha value is -1.39. The highest BCUT2D eigenvalue weighted by atomic mass is 16.5. The molecule has 0 radical (unpaired) electrons. The van der Waals surface area contributed by atoms with E-state index in [0.29, 0.717) is 6.54 Å². The number of hydrogen-bond acceptors (Lipinski definition) is 4. The summed E-state index contributed by atoms with van der Waals surface area (Å²) in [6.07, 6.45) is -1.13. The molecule has 0 aliphatic rings. The molecule has 2 unspecified atom stereocenters. The van der Waals surface area contributed by atoms with Crippen LogP contribution in [0.25, 0.3) is 0 Å². The van der Waals surface area contributed by atoms with Crippen molar-refractivity contribution in [1.29, 1.82) is 0 Å². The first-order valence-electron chi connectivity index (χ1n) is 5.18. The van der Waals surface area contributed by atoms with Gasteiger partial charge < -0.3 is 15.2 Å². The molecule has 2 atom stereocenters. The summed E-state index contributed by atoms with van der Waals surface area (Å²) >= 11 is 0. The standard InChI is InChI=1S/C12H17NO3/c1-9(11(14)12(15)16-2)13-8-10-6-4-3-5-7-10/h3-7,9,11,13-14H,8H2,1-2H3. The third-order valence-corrected chi connectivity index (χ3v) is 2.39. The van der Waals surface area contributed by atoms with Gasteiger partial charge in [-0.15, -0.1) is 0 Å². The highest BCUT2D eigenvalue weighted by Crippen LogP contribution is 2.01. The fourth-order valence-electron chi connectivity index (χ4n) is 1.31. The Bertz CT molecular complexity index is 326. The summed E-state index contributed by atoms with van der Waals surface area (Å²) in [4.78, 5) is 11.1. The van der Waals surface area contributed by atoms with Gasteiger partial charge in [-0.1, -0.05) is 30.3 Å². The van der Waals surface area contributed by atoms with Crippen LogP contribution in [-0.2, 0) is 16.1 Å². The van der Waals surface area contributed by atoms with Crippen molar-refractivity contribution in [2.75, 3.05) is 7.11 Å². The molecule has 1 aromatic rings. The molecule has 1 aromatic carbocycles. The number of aliphatic hydroxyl groups excluding tert-OH is 1. The lowest BCUT2D eigenvalue weighted by Crippen LogP contribution is -2.42. The lowest BCUT2D eigenvalue weighted by atomic mass is 10.1. The minimum Gasteiger partial charge on any atom is -0.467 e. The van der Waals surface area contributed by atoms with Crippen molar-refractivity contribution in [1.82, 2.24) is 5.32 Å². The Labute approximate surface area is 95.2 Å². The van der Waals surface area contributed by atoms with Crippen molar-refractivity contribution < 1.29 is 14.6 Å². The minimum atomic E-state index is -1.13. The molecular formula is C12H17NO3. The Morgan fingerprint density at radius 2 is 2.06 bits per heavy atom. The van der Waals surface area contributed by atoms with Crippen LogP contribution in [0, 0.1) is 0 Å². The third kappa shape index (κ3) is 3.64. The van der Waals surface area contributed by atoms with Crippen LogP contribution in [0.4, 0.5) is 0 Å². The van der Waals surface area contributed by atoms with Gasteiger partial charge in [-0.3, -0.25) is 0 Å². The van der Waals surface area contributed by atoms with E-state index in [1.54, 1.807) is 6.92 Å². The van der Waals surface area contributed by atoms with Gasteiger partial charge >= 0.3 is 5.97 Å². The molecule has 1 rings (SSSR count). The number of hydrogen-bond donors (Lipinski definition) is 2. The topological polar surface area (TPSA) is 58.6 Å². The van der Waals surface area contributed by atoms with Gasteiger partial charge in [0.1, 0.15) is 0 Å². The summed E-state index contributed by atoms with van der Waals surface area (Å²) in [5.41, 5.74) is 1.10.